The normalized spacial score (nSPS) is 10.7. The number of hydrogen-bond acceptors (Lipinski definition) is 3. The molecule has 0 aliphatic rings. The Hall–Kier alpha value is -1.78. The third-order valence-corrected chi connectivity index (χ3v) is 3.70. The van der Waals surface area contributed by atoms with Gasteiger partial charge in [0.1, 0.15) is 11.5 Å². The number of halogens is 2. The van der Waals surface area contributed by atoms with Crippen LogP contribution in [0.3, 0.4) is 0 Å². The second kappa shape index (κ2) is 5.31. The molecule has 0 unspecified atom stereocenters. The van der Waals surface area contributed by atoms with Gasteiger partial charge < -0.3 is 10.5 Å². The summed E-state index contributed by atoms with van der Waals surface area (Å²) >= 11 is 9.36. The zero-order valence-corrected chi connectivity index (χ0v) is 12.6. The van der Waals surface area contributed by atoms with Crippen molar-refractivity contribution < 1.29 is 4.74 Å². The summed E-state index contributed by atoms with van der Waals surface area (Å²) in [5.41, 5.74) is 7.24. The summed E-state index contributed by atoms with van der Waals surface area (Å²) in [7, 11) is 0. The van der Waals surface area contributed by atoms with Crippen molar-refractivity contribution in [3.63, 3.8) is 0 Å². The van der Waals surface area contributed by atoms with Crippen LogP contribution in [-0.2, 0) is 0 Å². The molecule has 3 rings (SSSR count). The van der Waals surface area contributed by atoms with Crippen LogP contribution in [0.25, 0.3) is 10.9 Å². The van der Waals surface area contributed by atoms with Crippen LogP contribution in [0.5, 0.6) is 11.5 Å². The summed E-state index contributed by atoms with van der Waals surface area (Å²) in [6.45, 7) is 0. The molecule has 3 nitrogen and oxygen atoms in total. The van der Waals surface area contributed by atoms with Gasteiger partial charge in [-0.2, -0.15) is 0 Å². The fourth-order valence-corrected chi connectivity index (χ4v) is 2.67. The lowest BCUT2D eigenvalue weighted by Crippen LogP contribution is -1.90. The van der Waals surface area contributed by atoms with Gasteiger partial charge in [-0.05, 0) is 58.4 Å². The molecule has 0 saturated carbocycles. The Labute approximate surface area is 129 Å². The van der Waals surface area contributed by atoms with Crippen LogP contribution in [0.15, 0.2) is 53.1 Å². The molecule has 0 radical (unpaired) electrons. The molecule has 5 heteroatoms. The zero-order valence-electron chi connectivity index (χ0n) is 10.3. The van der Waals surface area contributed by atoms with Crippen molar-refractivity contribution in [3.8, 4) is 11.5 Å². The van der Waals surface area contributed by atoms with Gasteiger partial charge in [-0.1, -0.05) is 11.6 Å². The van der Waals surface area contributed by atoms with Crippen molar-refractivity contribution in [2.24, 2.45) is 0 Å². The van der Waals surface area contributed by atoms with Gasteiger partial charge in [0.25, 0.3) is 0 Å². The number of nitrogens with two attached hydrogens (primary N) is 1. The predicted molar refractivity (Wildman–Crippen MR) is 85.4 cm³/mol. The van der Waals surface area contributed by atoms with Crippen LogP contribution in [-0.4, -0.2) is 4.98 Å². The summed E-state index contributed by atoms with van der Waals surface area (Å²) in [6, 6.07) is 12.8. The molecule has 0 bridgehead atoms. The molecule has 2 N–H and O–H groups in total. The fraction of sp³-hybridized carbons (Fsp3) is 0. The van der Waals surface area contributed by atoms with E-state index in [-0.39, 0.29) is 0 Å². The van der Waals surface area contributed by atoms with Crippen LogP contribution < -0.4 is 10.5 Å². The lowest BCUT2D eigenvalue weighted by molar-refractivity contribution is 0.485. The van der Waals surface area contributed by atoms with Crippen LogP contribution >= 0.6 is 27.5 Å². The van der Waals surface area contributed by atoms with Gasteiger partial charge in [0.2, 0.25) is 0 Å². The Balaban J connectivity index is 2.06. The molecule has 20 heavy (non-hydrogen) atoms. The van der Waals surface area contributed by atoms with E-state index < -0.39 is 0 Å². The summed E-state index contributed by atoms with van der Waals surface area (Å²) in [5, 5.41) is 1.56. The molecule has 3 aromatic rings. The van der Waals surface area contributed by atoms with E-state index in [1.807, 2.05) is 30.3 Å². The first kappa shape index (κ1) is 13.2. The Morgan fingerprint density at radius 2 is 1.90 bits per heavy atom. The second-order valence-corrected chi connectivity index (χ2v) is 5.55. The van der Waals surface area contributed by atoms with E-state index in [1.165, 1.54) is 0 Å². The number of anilines is 1. The maximum absolute atomic E-state index is 5.93. The number of aromatic nitrogens is 1. The van der Waals surface area contributed by atoms with E-state index in [4.69, 9.17) is 22.1 Å². The molecular formula is C15H10BrClN2O. The molecule has 100 valence electrons. The summed E-state index contributed by atoms with van der Waals surface area (Å²) < 4.78 is 6.73. The first-order valence-corrected chi connectivity index (χ1v) is 7.08. The number of rotatable bonds is 2. The Kier molecular flexibility index (Phi) is 3.51. The lowest BCUT2D eigenvalue weighted by atomic mass is 10.2. The number of fused-ring (bicyclic) bond motifs is 1. The average Bonchev–Trinajstić information content (AvgIpc) is 2.41. The van der Waals surface area contributed by atoms with E-state index in [2.05, 4.69) is 20.9 Å². The third-order valence-electron chi connectivity index (χ3n) is 2.84. The maximum Gasteiger partial charge on any atom is 0.141 e. The molecule has 1 heterocycles. The molecule has 0 spiro atoms. The third kappa shape index (κ3) is 2.57. The van der Waals surface area contributed by atoms with E-state index in [9.17, 15) is 0 Å². The molecule has 0 fully saturated rings. The first-order chi connectivity index (χ1) is 9.63. The van der Waals surface area contributed by atoms with E-state index in [0.717, 1.165) is 21.1 Å². The Bertz CT molecular complexity index is 792. The lowest BCUT2D eigenvalue weighted by Gasteiger charge is -2.10. The van der Waals surface area contributed by atoms with Gasteiger partial charge in [-0.15, -0.1) is 0 Å². The molecule has 0 amide bonds. The van der Waals surface area contributed by atoms with Crippen molar-refractivity contribution in [3.05, 3.63) is 58.2 Å². The number of hydrogen-bond donors (Lipinski definition) is 1. The monoisotopic (exact) mass is 348 g/mol. The van der Waals surface area contributed by atoms with Gasteiger partial charge in [0.15, 0.2) is 0 Å². The second-order valence-electron chi connectivity index (χ2n) is 4.26. The van der Waals surface area contributed by atoms with Crippen LogP contribution in [0.2, 0.25) is 5.02 Å². The quantitative estimate of drug-likeness (QED) is 0.660. The van der Waals surface area contributed by atoms with Gasteiger partial charge >= 0.3 is 0 Å². The number of benzene rings is 2. The molecule has 2 aromatic carbocycles. The molecule has 0 atom stereocenters. The van der Waals surface area contributed by atoms with Crippen LogP contribution in [0, 0.1) is 0 Å². The smallest absolute Gasteiger partial charge is 0.141 e. The Morgan fingerprint density at radius 1 is 1.05 bits per heavy atom. The van der Waals surface area contributed by atoms with Crippen molar-refractivity contribution in [1.29, 1.82) is 0 Å². The fourth-order valence-electron chi connectivity index (χ4n) is 1.90. The molecule has 0 aliphatic heterocycles. The highest BCUT2D eigenvalue weighted by atomic mass is 79.9. The van der Waals surface area contributed by atoms with Gasteiger partial charge in [0.05, 0.1) is 9.99 Å². The van der Waals surface area contributed by atoms with Crippen molar-refractivity contribution >= 4 is 44.1 Å². The summed E-state index contributed by atoms with van der Waals surface area (Å²) in [6.07, 6.45) is 1.70. The standard InChI is InChI=1S/C15H10BrClN2O/c16-12-7-9(17)1-4-15(12)20-14-5-6-19-13-8-10(18)2-3-11(13)14/h1-8H,18H2. The number of pyridine rings is 1. The first-order valence-electron chi connectivity index (χ1n) is 5.90. The van der Waals surface area contributed by atoms with Crippen molar-refractivity contribution in [2.45, 2.75) is 0 Å². The van der Waals surface area contributed by atoms with E-state index >= 15 is 0 Å². The summed E-state index contributed by atoms with van der Waals surface area (Å²) in [5.74, 6) is 1.41. The van der Waals surface area contributed by atoms with E-state index in [0.29, 0.717) is 16.5 Å². The van der Waals surface area contributed by atoms with E-state index in [1.54, 1.807) is 18.3 Å². The summed E-state index contributed by atoms with van der Waals surface area (Å²) in [4.78, 5) is 4.29. The predicted octanol–water partition coefficient (Wildman–Crippen LogP) is 5.03. The molecule has 0 saturated heterocycles. The van der Waals surface area contributed by atoms with Gasteiger partial charge in [-0.25, -0.2) is 0 Å². The van der Waals surface area contributed by atoms with Crippen molar-refractivity contribution in [1.82, 2.24) is 4.98 Å². The van der Waals surface area contributed by atoms with Gasteiger partial charge in [0, 0.05) is 22.3 Å². The number of ether oxygens (including phenoxy) is 1. The minimum Gasteiger partial charge on any atom is -0.455 e. The SMILES string of the molecule is Nc1ccc2c(Oc3ccc(Cl)cc3Br)ccnc2c1. The minimum atomic E-state index is 0.650. The number of nitrogen functional groups attached to an aromatic ring is 1. The highest BCUT2D eigenvalue weighted by Crippen LogP contribution is 2.34. The highest BCUT2D eigenvalue weighted by molar-refractivity contribution is 9.10. The minimum absolute atomic E-state index is 0.650. The molecular weight excluding hydrogens is 340 g/mol. The molecule has 1 aromatic heterocycles. The molecule has 0 aliphatic carbocycles. The maximum atomic E-state index is 5.93. The largest absolute Gasteiger partial charge is 0.455 e. The van der Waals surface area contributed by atoms with Crippen LogP contribution in [0.1, 0.15) is 0 Å². The van der Waals surface area contributed by atoms with Crippen molar-refractivity contribution in [2.75, 3.05) is 5.73 Å². The number of nitrogens with zero attached hydrogens (tertiary/aromatic N) is 1. The highest BCUT2D eigenvalue weighted by Gasteiger charge is 2.07. The van der Waals surface area contributed by atoms with Crippen LogP contribution in [0.4, 0.5) is 5.69 Å². The zero-order chi connectivity index (χ0) is 14.1. The average molecular weight is 350 g/mol. The van der Waals surface area contributed by atoms with Gasteiger partial charge in [-0.3, -0.25) is 4.98 Å². The topological polar surface area (TPSA) is 48.1 Å². The Morgan fingerprint density at radius 3 is 2.70 bits per heavy atom.